The summed E-state index contributed by atoms with van der Waals surface area (Å²) in [6, 6.07) is 8.95. The summed E-state index contributed by atoms with van der Waals surface area (Å²) in [6.07, 6.45) is 0. The maximum absolute atomic E-state index is 12.2. The number of hydrogen-bond acceptors (Lipinski definition) is 5. The number of sulfonamides is 1. The van der Waals surface area contributed by atoms with E-state index in [1.54, 1.807) is 0 Å². The fourth-order valence-corrected chi connectivity index (χ4v) is 3.60. The van der Waals surface area contributed by atoms with Crippen LogP contribution in [-0.2, 0) is 21.4 Å². The Balaban J connectivity index is 2.08. The van der Waals surface area contributed by atoms with Crippen LogP contribution in [0.1, 0.15) is 29.1 Å². The second kappa shape index (κ2) is 7.34. The lowest BCUT2D eigenvalue weighted by Gasteiger charge is -2.21. The molecule has 134 valence electrons. The van der Waals surface area contributed by atoms with Gasteiger partial charge in [-0.3, -0.25) is 4.79 Å². The Morgan fingerprint density at radius 1 is 1.16 bits per heavy atom. The smallest absolute Gasteiger partial charge is 0.328 e. The van der Waals surface area contributed by atoms with Gasteiger partial charge >= 0.3 is 5.97 Å². The summed E-state index contributed by atoms with van der Waals surface area (Å²) in [4.78, 5) is 24.0. The second-order valence-electron chi connectivity index (χ2n) is 5.81. The highest BCUT2D eigenvalue weighted by Crippen LogP contribution is 2.14. The molecule has 1 aromatic heterocycles. The van der Waals surface area contributed by atoms with Crippen molar-refractivity contribution in [2.24, 2.45) is 0 Å². The quantitative estimate of drug-likeness (QED) is 0.676. The fourth-order valence-electron chi connectivity index (χ4n) is 1.86. The first kappa shape index (κ1) is 19.1. The zero-order valence-electron chi connectivity index (χ0n) is 13.6. The van der Waals surface area contributed by atoms with Crippen LogP contribution in [0.15, 0.2) is 46.7 Å². The van der Waals surface area contributed by atoms with E-state index in [4.69, 9.17) is 5.11 Å². The zero-order valence-corrected chi connectivity index (χ0v) is 15.3. The van der Waals surface area contributed by atoms with Gasteiger partial charge < -0.3 is 10.4 Å². The molecule has 1 amide bonds. The van der Waals surface area contributed by atoms with Crippen molar-refractivity contribution in [1.29, 1.82) is 0 Å². The highest BCUT2D eigenvalue weighted by molar-refractivity contribution is 7.89. The van der Waals surface area contributed by atoms with Gasteiger partial charge in [0.2, 0.25) is 10.0 Å². The Bertz CT molecular complexity index is 856. The summed E-state index contributed by atoms with van der Waals surface area (Å²) >= 11 is 1.44. The van der Waals surface area contributed by atoms with Gasteiger partial charge in [0.1, 0.15) is 5.54 Å². The van der Waals surface area contributed by atoms with Gasteiger partial charge in [-0.05, 0) is 49.6 Å². The molecule has 0 radical (unpaired) electrons. The molecule has 0 spiro atoms. The molecule has 3 N–H and O–H groups in total. The number of thiophene rings is 1. The molecular formula is C16H18N2O5S2. The first-order valence-corrected chi connectivity index (χ1v) is 9.66. The third-order valence-corrected chi connectivity index (χ3v) is 5.70. The maximum atomic E-state index is 12.2. The van der Waals surface area contributed by atoms with E-state index in [0.29, 0.717) is 0 Å². The molecule has 1 heterocycles. The van der Waals surface area contributed by atoms with Crippen molar-refractivity contribution in [3.63, 3.8) is 0 Å². The molecule has 0 saturated heterocycles. The highest BCUT2D eigenvalue weighted by atomic mass is 32.2. The molecule has 1 aromatic carbocycles. The minimum Gasteiger partial charge on any atom is -0.480 e. The van der Waals surface area contributed by atoms with Crippen LogP contribution in [0.3, 0.4) is 0 Å². The molecule has 0 fully saturated rings. The number of carboxylic acids is 1. The van der Waals surface area contributed by atoms with Crippen LogP contribution in [0.4, 0.5) is 0 Å². The number of carbonyl (C=O) groups excluding carboxylic acids is 1. The lowest BCUT2D eigenvalue weighted by atomic mass is 10.1. The summed E-state index contributed by atoms with van der Waals surface area (Å²) in [5.74, 6) is -1.76. The maximum Gasteiger partial charge on any atom is 0.328 e. The van der Waals surface area contributed by atoms with Gasteiger partial charge in [-0.1, -0.05) is 6.07 Å². The Kier molecular flexibility index (Phi) is 5.61. The van der Waals surface area contributed by atoms with Crippen LogP contribution in [-0.4, -0.2) is 30.9 Å². The van der Waals surface area contributed by atoms with Crippen LogP contribution < -0.4 is 10.0 Å². The summed E-state index contributed by atoms with van der Waals surface area (Å²) in [5, 5.41) is 13.3. The summed E-state index contributed by atoms with van der Waals surface area (Å²) in [7, 11) is -3.70. The normalized spacial score (nSPS) is 11.9. The Morgan fingerprint density at radius 3 is 2.32 bits per heavy atom. The zero-order chi connectivity index (χ0) is 18.7. The lowest BCUT2D eigenvalue weighted by molar-refractivity contribution is -0.143. The van der Waals surface area contributed by atoms with E-state index in [0.717, 1.165) is 4.88 Å². The van der Waals surface area contributed by atoms with Gasteiger partial charge in [0.05, 0.1) is 4.90 Å². The summed E-state index contributed by atoms with van der Waals surface area (Å²) in [5.41, 5.74) is -1.25. The van der Waals surface area contributed by atoms with Gasteiger partial charge in [-0.2, -0.15) is 0 Å². The number of nitrogens with one attached hydrogen (secondary N) is 2. The van der Waals surface area contributed by atoms with Gasteiger partial charge in [-0.25, -0.2) is 17.9 Å². The SMILES string of the molecule is CC(C)(NC(=O)c1ccc(S(=O)(=O)NCc2cccs2)cc1)C(=O)O. The molecule has 0 aliphatic heterocycles. The number of rotatable bonds is 7. The van der Waals surface area contributed by atoms with Crippen LogP contribution in [0.25, 0.3) is 0 Å². The number of aliphatic carboxylic acids is 1. The van der Waals surface area contributed by atoms with E-state index in [9.17, 15) is 18.0 Å². The summed E-state index contributed by atoms with van der Waals surface area (Å²) in [6.45, 7) is 2.91. The van der Waals surface area contributed by atoms with E-state index < -0.39 is 27.4 Å². The van der Waals surface area contributed by atoms with Crippen molar-refractivity contribution < 1.29 is 23.1 Å². The molecule has 0 unspecified atom stereocenters. The summed E-state index contributed by atoms with van der Waals surface area (Å²) < 4.78 is 27.0. The Labute approximate surface area is 149 Å². The van der Waals surface area contributed by atoms with E-state index in [2.05, 4.69) is 10.0 Å². The molecular weight excluding hydrogens is 364 g/mol. The number of hydrogen-bond donors (Lipinski definition) is 3. The van der Waals surface area contributed by atoms with Crippen molar-refractivity contribution in [2.75, 3.05) is 0 Å². The average molecular weight is 382 g/mol. The number of carbonyl (C=O) groups is 2. The molecule has 0 aliphatic carbocycles. The molecule has 0 bridgehead atoms. The van der Waals surface area contributed by atoms with Gasteiger partial charge in [0, 0.05) is 17.0 Å². The van der Waals surface area contributed by atoms with Crippen molar-refractivity contribution in [1.82, 2.24) is 10.0 Å². The van der Waals surface area contributed by atoms with Crippen molar-refractivity contribution in [3.8, 4) is 0 Å². The van der Waals surface area contributed by atoms with E-state index >= 15 is 0 Å². The number of benzene rings is 1. The molecule has 7 nitrogen and oxygen atoms in total. The standard InChI is InChI=1S/C16H18N2O5S2/c1-16(2,15(20)21)18-14(19)11-5-7-13(8-6-11)25(22,23)17-10-12-4-3-9-24-12/h3-9,17H,10H2,1-2H3,(H,18,19)(H,20,21). The van der Waals surface area contributed by atoms with Crippen molar-refractivity contribution in [3.05, 3.63) is 52.2 Å². The van der Waals surface area contributed by atoms with E-state index in [1.165, 1.54) is 49.4 Å². The monoisotopic (exact) mass is 382 g/mol. The van der Waals surface area contributed by atoms with Crippen LogP contribution in [0, 0.1) is 0 Å². The third-order valence-electron chi connectivity index (χ3n) is 3.40. The Hall–Kier alpha value is -2.23. The minimum atomic E-state index is -3.70. The molecule has 0 atom stereocenters. The highest BCUT2D eigenvalue weighted by Gasteiger charge is 2.29. The molecule has 25 heavy (non-hydrogen) atoms. The molecule has 2 rings (SSSR count). The van der Waals surface area contributed by atoms with Gasteiger partial charge in [0.25, 0.3) is 5.91 Å². The first-order valence-electron chi connectivity index (χ1n) is 7.30. The second-order valence-corrected chi connectivity index (χ2v) is 8.61. The minimum absolute atomic E-state index is 0.0260. The van der Waals surface area contributed by atoms with Crippen LogP contribution in [0.2, 0.25) is 0 Å². The molecule has 9 heteroatoms. The topological polar surface area (TPSA) is 113 Å². The van der Waals surface area contributed by atoms with Gasteiger partial charge in [-0.15, -0.1) is 11.3 Å². The van der Waals surface area contributed by atoms with E-state index in [1.807, 2.05) is 17.5 Å². The van der Waals surface area contributed by atoms with Crippen LogP contribution >= 0.6 is 11.3 Å². The van der Waals surface area contributed by atoms with Gasteiger partial charge in [0.15, 0.2) is 0 Å². The molecule has 0 aliphatic rings. The van der Waals surface area contributed by atoms with Crippen molar-refractivity contribution >= 4 is 33.2 Å². The van der Waals surface area contributed by atoms with E-state index in [-0.39, 0.29) is 17.0 Å². The average Bonchev–Trinajstić information content (AvgIpc) is 3.06. The van der Waals surface area contributed by atoms with Crippen LogP contribution in [0.5, 0.6) is 0 Å². The first-order chi connectivity index (χ1) is 11.6. The number of carboxylic acid groups (broad SMARTS) is 1. The Morgan fingerprint density at radius 2 is 1.80 bits per heavy atom. The predicted molar refractivity (Wildman–Crippen MR) is 94.0 cm³/mol. The largest absolute Gasteiger partial charge is 0.480 e. The number of amides is 1. The fraction of sp³-hybridized carbons (Fsp3) is 0.250. The molecule has 2 aromatic rings. The molecule has 0 saturated carbocycles. The van der Waals surface area contributed by atoms with Crippen molar-refractivity contribution in [2.45, 2.75) is 30.8 Å². The third kappa shape index (κ3) is 4.88. The predicted octanol–water partition coefficient (Wildman–Crippen LogP) is 1.82. The lowest BCUT2D eigenvalue weighted by Crippen LogP contribution is -2.49.